The van der Waals surface area contributed by atoms with E-state index in [0.717, 1.165) is 5.56 Å². The molecule has 6 heteroatoms. The van der Waals surface area contributed by atoms with Gasteiger partial charge in [-0.05, 0) is 35.9 Å². The molecule has 0 aliphatic rings. The molecule has 1 heterocycles. The number of amides is 1. The van der Waals surface area contributed by atoms with Gasteiger partial charge < -0.3 is 14.6 Å². The van der Waals surface area contributed by atoms with Gasteiger partial charge in [-0.3, -0.25) is 9.59 Å². The Balaban J connectivity index is 1.80. The fourth-order valence-electron chi connectivity index (χ4n) is 2.48. The summed E-state index contributed by atoms with van der Waals surface area (Å²) in [7, 11) is 1.56. The first kappa shape index (κ1) is 17.8. The van der Waals surface area contributed by atoms with E-state index in [1.807, 2.05) is 12.1 Å². The van der Waals surface area contributed by atoms with Crippen LogP contribution < -0.4 is 15.6 Å². The predicted molar refractivity (Wildman–Crippen MR) is 102 cm³/mol. The second-order valence-electron chi connectivity index (χ2n) is 5.70. The molecule has 1 aromatic heterocycles. The van der Waals surface area contributed by atoms with Gasteiger partial charge in [-0.15, -0.1) is 0 Å². The Kier molecular flexibility index (Phi) is 5.39. The van der Waals surface area contributed by atoms with Crippen molar-refractivity contribution in [2.75, 3.05) is 12.4 Å². The van der Waals surface area contributed by atoms with Crippen LogP contribution in [0.3, 0.4) is 0 Å². The summed E-state index contributed by atoms with van der Waals surface area (Å²) >= 11 is 5.88. The minimum atomic E-state index is -0.303. The van der Waals surface area contributed by atoms with E-state index >= 15 is 0 Å². The van der Waals surface area contributed by atoms with Crippen LogP contribution in [-0.4, -0.2) is 17.6 Å². The summed E-state index contributed by atoms with van der Waals surface area (Å²) < 4.78 is 6.64. The number of ether oxygens (including phenoxy) is 1. The molecule has 132 valence electrons. The Bertz CT molecular complexity index is 981. The van der Waals surface area contributed by atoms with E-state index in [4.69, 9.17) is 16.3 Å². The molecule has 3 rings (SSSR count). The number of hydrogen-bond donors (Lipinski definition) is 1. The van der Waals surface area contributed by atoms with E-state index < -0.39 is 0 Å². The zero-order valence-corrected chi connectivity index (χ0v) is 14.9. The molecule has 0 saturated carbocycles. The third kappa shape index (κ3) is 4.32. The van der Waals surface area contributed by atoms with Gasteiger partial charge in [0.05, 0.1) is 19.2 Å². The summed E-state index contributed by atoms with van der Waals surface area (Å²) in [5, 5.41) is 3.43. The Morgan fingerprint density at radius 2 is 1.88 bits per heavy atom. The van der Waals surface area contributed by atoms with Crippen LogP contribution in [0, 0.1) is 0 Å². The van der Waals surface area contributed by atoms with Gasteiger partial charge in [0, 0.05) is 29.0 Å². The van der Waals surface area contributed by atoms with Crippen LogP contribution in [0.25, 0.3) is 0 Å². The van der Waals surface area contributed by atoms with Gasteiger partial charge in [-0.25, -0.2) is 0 Å². The number of halogens is 1. The Hall–Kier alpha value is -3.05. The molecule has 1 amide bonds. The van der Waals surface area contributed by atoms with Crippen molar-refractivity contribution in [2.45, 2.75) is 6.54 Å². The number of methoxy groups -OCH3 is 1. The highest BCUT2D eigenvalue weighted by atomic mass is 35.5. The van der Waals surface area contributed by atoms with Gasteiger partial charge in [-0.1, -0.05) is 29.8 Å². The van der Waals surface area contributed by atoms with Crippen LogP contribution in [0.5, 0.6) is 5.75 Å². The van der Waals surface area contributed by atoms with E-state index in [9.17, 15) is 9.59 Å². The molecule has 0 spiro atoms. The Morgan fingerprint density at radius 3 is 2.62 bits per heavy atom. The lowest BCUT2D eigenvalue weighted by Crippen LogP contribution is -2.22. The van der Waals surface area contributed by atoms with Crippen LogP contribution in [0.2, 0.25) is 5.02 Å². The standard InChI is InChI=1S/C20H17ClN2O3/c1-26-18-4-2-3-17(11-18)22-20(25)15-7-10-19(24)23(13-15)12-14-5-8-16(21)9-6-14/h2-11,13H,12H2,1H3,(H,22,25). The summed E-state index contributed by atoms with van der Waals surface area (Å²) in [6.07, 6.45) is 1.55. The third-order valence-electron chi connectivity index (χ3n) is 3.84. The summed E-state index contributed by atoms with van der Waals surface area (Å²) in [5.41, 5.74) is 1.74. The lowest BCUT2D eigenvalue weighted by Gasteiger charge is -2.10. The van der Waals surface area contributed by atoms with Gasteiger partial charge in [0.2, 0.25) is 0 Å². The van der Waals surface area contributed by atoms with Crippen molar-refractivity contribution < 1.29 is 9.53 Å². The molecule has 5 nitrogen and oxygen atoms in total. The topological polar surface area (TPSA) is 60.3 Å². The van der Waals surface area contributed by atoms with E-state index in [2.05, 4.69) is 5.32 Å². The molecule has 3 aromatic rings. The number of pyridine rings is 1. The molecule has 0 aliphatic carbocycles. The molecule has 0 saturated heterocycles. The number of carbonyl (C=O) groups excluding carboxylic acids is 1. The number of anilines is 1. The monoisotopic (exact) mass is 368 g/mol. The summed E-state index contributed by atoms with van der Waals surface area (Å²) in [5.74, 6) is 0.346. The van der Waals surface area contributed by atoms with Crippen LogP contribution in [-0.2, 0) is 6.54 Å². The largest absolute Gasteiger partial charge is 0.497 e. The van der Waals surface area contributed by atoms with E-state index in [1.54, 1.807) is 49.7 Å². The average molecular weight is 369 g/mol. The predicted octanol–water partition coefficient (Wildman–Crippen LogP) is 3.81. The summed E-state index contributed by atoms with van der Waals surface area (Å²) in [6, 6.07) is 17.2. The molecule has 0 radical (unpaired) electrons. The number of benzene rings is 2. The highest BCUT2D eigenvalue weighted by Gasteiger charge is 2.09. The molecule has 0 atom stereocenters. The first-order chi connectivity index (χ1) is 12.5. The van der Waals surface area contributed by atoms with Crippen LogP contribution in [0.4, 0.5) is 5.69 Å². The zero-order valence-electron chi connectivity index (χ0n) is 14.1. The number of nitrogens with zero attached hydrogens (tertiary/aromatic N) is 1. The fourth-order valence-corrected chi connectivity index (χ4v) is 2.61. The highest BCUT2D eigenvalue weighted by molar-refractivity contribution is 6.30. The van der Waals surface area contributed by atoms with Crippen molar-refractivity contribution in [2.24, 2.45) is 0 Å². The molecular weight excluding hydrogens is 352 g/mol. The van der Waals surface area contributed by atoms with Gasteiger partial charge in [0.15, 0.2) is 0 Å². The SMILES string of the molecule is COc1cccc(NC(=O)c2ccc(=O)n(Cc3ccc(Cl)cc3)c2)c1. The van der Waals surface area contributed by atoms with E-state index in [1.165, 1.54) is 16.7 Å². The maximum atomic E-state index is 12.5. The van der Waals surface area contributed by atoms with E-state index in [-0.39, 0.29) is 11.5 Å². The minimum absolute atomic E-state index is 0.183. The minimum Gasteiger partial charge on any atom is -0.497 e. The van der Waals surface area contributed by atoms with Crippen molar-refractivity contribution in [1.29, 1.82) is 0 Å². The lowest BCUT2D eigenvalue weighted by molar-refractivity contribution is 0.102. The van der Waals surface area contributed by atoms with Crippen LogP contribution >= 0.6 is 11.6 Å². The number of nitrogens with one attached hydrogen (secondary N) is 1. The fraction of sp³-hybridized carbons (Fsp3) is 0.100. The summed E-state index contributed by atoms with van der Waals surface area (Å²) in [4.78, 5) is 24.6. The van der Waals surface area contributed by atoms with Crippen molar-refractivity contribution in [3.8, 4) is 5.75 Å². The van der Waals surface area contributed by atoms with Gasteiger partial charge in [0.1, 0.15) is 5.75 Å². The lowest BCUT2D eigenvalue weighted by atomic mass is 10.2. The smallest absolute Gasteiger partial charge is 0.257 e. The molecule has 1 N–H and O–H groups in total. The Morgan fingerprint density at radius 1 is 1.12 bits per heavy atom. The van der Waals surface area contributed by atoms with Crippen LogP contribution in [0.1, 0.15) is 15.9 Å². The van der Waals surface area contributed by atoms with Crippen molar-refractivity contribution >= 4 is 23.2 Å². The first-order valence-corrected chi connectivity index (χ1v) is 8.33. The van der Waals surface area contributed by atoms with E-state index in [0.29, 0.717) is 28.6 Å². The van der Waals surface area contributed by atoms with Crippen molar-refractivity contribution in [1.82, 2.24) is 4.57 Å². The van der Waals surface area contributed by atoms with Crippen LogP contribution in [0.15, 0.2) is 71.7 Å². The van der Waals surface area contributed by atoms with Crippen molar-refractivity contribution in [3.05, 3.63) is 93.4 Å². The van der Waals surface area contributed by atoms with Gasteiger partial charge >= 0.3 is 0 Å². The third-order valence-corrected chi connectivity index (χ3v) is 4.09. The molecule has 0 bridgehead atoms. The number of rotatable bonds is 5. The van der Waals surface area contributed by atoms with Gasteiger partial charge in [0.25, 0.3) is 11.5 Å². The number of carbonyl (C=O) groups is 1. The van der Waals surface area contributed by atoms with Gasteiger partial charge in [-0.2, -0.15) is 0 Å². The maximum Gasteiger partial charge on any atom is 0.257 e. The maximum absolute atomic E-state index is 12.5. The number of aromatic nitrogens is 1. The average Bonchev–Trinajstić information content (AvgIpc) is 2.65. The second-order valence-corrected chi connectivity index (χ2v) is 6.13. The zero-order chi connectivity index (χ0) is 18.5. The molecule has 26 heavy (non-hydrogen) atoms. The Labute approximate surface area is 155 Å². The molecule has 2 aromatic carbocycles. The summed E-state index contributed by atoms with van der Waals surface area (Å²) in [6.45, 7) is 0.357. The molecule has 0 unspecified atom stereocenters. The molecule has 0 fully saturated rings. The first-order valence-electron chi connectivity index (χ1n) is 7.95. The number of hydrogen-bond acceptors (Lipinski definition) is 3. The highest BCUT2D eigenvalue weighted by Crippen LogP contribution is 2.17. The molecule has 0 aliphatic heterocycles. The normalized spacial score (nSPS) is 10.4. The second kappa shape index (κ2) is 7.89. The quantitative estimate of drug-likeness (QED) is 0.745. The van der Waals surface area contributed by atoms with Crippen molar-refractivity contribution in [3.63, 3.8) is 0 Å². The molecular formula is C20H17ClN2O3.